The van der Waals surface area contributed by atoms with E-state index in [0.29, 0.717) is 12.1 Å². The van der Waals surface area contributed by atoms with Crippen molar-refractivity contribution in [3.05, 3.63) is 38.5 Å². The summed E-state index contributed by atoms with van der Waals surface area (Å²) in [5, 5.41) is 9.09. The van der Waals surface area contributed by atoms with Crippen molar-refractivity contribution in [1.29, 1.82) is 0 Å². The molecule has 0 radical (unpaired) electrons. The summed E-state index contributed by atoms with van der Waals surface area (Å²) in [7, 11) is 0. The highest BCUT2D eigenvalue weighted by Crippen LogP contribution is 2.24. The number of aromatic nitrogens is 1. The summed E-state index contributed by atoms with van der Waals surface area (Å²) >= 11 is 3.55. The summed E-state index contributed by atoms with van der Waals surface area (Å²) in [5.41, 5.74) is 1.36. The molecule has 0 aliphatic heterocycles. The van der Waals surface area contributed by atoms with Crippen molar-refractivity contribution in [3.63, 3.8) is 0 Å². The van der Waals surface area contributed by atoms with Gasteiger partial charge >= 0.3 is 0 Å². The van der Waals surface area contributed by atoms with Crippen molar-refractivity contribution in [2.75, 3.05) is 0 Å². The van der Waals surface area contributed by atoms with Crippen molar-refractivity contribution >= 4 is 22.7 Å². The molecule has 0 spiro atoms. The summed E-state index contributed by atoms with van der Waals surface area (Å²) in [5.74, 6) is 0. The molecule has 4 heteroatoms. The van der Waals surface area contributed by atoms with E-state index in [4.69, 9.17) is 0 Å². The average molecular weight is 266 g/mol. The van der Waals surface area contributed by atoms with Crippen LogP contribution in [0.5, 0.6) is 0 Å². The monoisotopic (exact) mass is 266 g/mol. The average Bonchev–Trinajstić information content (AvgIpc) is 3.00. The molecule has 0 saturated carbocycles. The minimum absolute atomic E-state index is 0.315. The van der Waals surface area contributed by atoms with E-state index >= 15 is 0 Å². The maximum Gasteiger partial charge on any atom is 0.109 e. The number of aryl methyl sites for hydroxylation is 1. The van der Waals surface area contributed by atoms with Gasteiger partial charge in [0.25, 0.3) is 0 Å². The van der Waals surface area contributed by atoms with Gasteiger partial charge < -0.3 is 5.32 Å². The van der Waals surface area contributed by atoms with Crippen LogP contribution >= 0.6 is 22.7 Å². The number of hydrogen-bond donors (Lipinski definition) is 1. The van der Waals surface area contributed by atoms with Crippen molar-refractivity contribution in [3.8, 4) is 0 Å². The second-order valence-corrected chi connectivity index (χ2v) is 6.11. The zero-order valence-corrected chi connectivity index (χ0v) is 12.1. The fourth-order valence-electron chi connectivity index (χ4n) is 1.75. The molecule has 2 aromatic heterocycles. The Morgan fingerprint density at radius 1 is 1.35 bits per heavy atom. The Bertz CT molecular complexity index is 448. The SMILES string of the molecule is CCc1cnc([C@H](C)N[C@@H](C)c2ccsc2)s1. The van der Waals surface area contributed by atoms with Crippen molar-refractivity contribution in [2.24, 2.45) is 0 Å². The van der Waals surface area contributed by atoms with E-state index in [2.05, 4.69) is 47.9 Å². The fraction of sp³-hybridized carbons (Fsp3) is 0.462. The zero-order chi connectivity index (χ0) is 12.3. The number of hydrogen-bond acceptors (Lipinski definition) is 4. The Labute approximate surface area is 111 Å². The Morgan fingerprint density at radius 2 is 2.18 bits per heavy atom. The molecule has 17 heavy (non-hydrogen) atoms. The van der Waals surface area contributed by atoms with Crippen molar-refractivity contribution in [1.82, 2.24) is 10.3 Å². The Kier molecular flexibility index (Phi) is 4.31. The van der Waals surface area contributed by atoms with Crippen LogP contribution < -0.4 is 5.32 Å². The van der Waals surface area contributed by atoms with Gasteiger partial charge in [-0.15, -0.1) is 11.3 Å². The van der Waals surface area contributed by atoms with Crippen LogP contribution in [0.25, 0.3) is 0 Å². The first kappa shape index (κ1) is 12.7. The predicted octanol–water partition coefficient (Wildman–Crippen LogP) is 4.18. The largest absolute Gasteiger partial charge is 0.301 e. The highest BCUT2D eigenvalue weighted by molar-refractivity contribution is 7.11. The smallest absolute Gasteiger partial charge is 0.109 e. The molecule has 0 aliphatic rings. The molecule has 2 nitrogen and oxygen atoms in total. The van der Waals surface area contributed by atoms with Crippen LogP contribution in [-0.2, 0) is 6.42 Å². The van der Waals surface area contributed by atoms with Gasteiger partial charge in [0, 0.05) is 17.1 Å². The third kappa shape index (κ3) is 3.15. The summed E-state index contributed by atoms with van der Waals surface area (Å²) in [6, 6.07) is 2.87. The summed E-state index contributed by atoms with van der Waals surface area (Å²) in [6.45, 7) is 6.55. The molecule has 0 fully saturated rings. The van der Waals surface area contributed by atoms with E-state index < -0.39 is 0 Å². The lowest BCUT2D eigenvalue weighted by molar-refractivity contribution is 0.494. The van der Waals surface area contributed by atoms with Gasteiger partial charge in [-0.25, -0.2) is 4.98 Å². The summed E-state index contributed by atoms with van der Waals surface area (Å²) in [6.07, 6.45) is 3.07. The summed E-state index contributed by atoms with van der Waals surface area (Å²) in [4.78, 5) is 5.84. The molecule has 0 saturated heterocycles. The highest BCUT2D eigenvalue weighted by Gasteiger charge is 2.14. The van der Waals surface area contributed by atoms with Gasteiger partial charge in [-0.2, -0.15) is 11.3 Å². The topological polar surface area (TPSA) is 24.9 Å². The van der Waals surface area contributed by atoms with Crippen molar-refractivity contribution in [2.45, 2.75) is 39.3 Å². The molecule has 0 aliphatic carbocycles. The van der Waals surface area contributed by atoms with E-state index in [9.17, 15) is 0 Å². The number of nitrogens with one attached hydrogen (secondary N) is 1. The lowest BCUT2D eigenvalue weighted by atomic mass is 10.1. The van der Waals surface area contributed by atoms with Crippen LogP contribution in [0.2, 0.25) is 0 Å². The van der Waals surface area contributed by atoms with Crippen LogP contribution in [0.1, 0.15) is 48.3 Å². The van der Waals surface area contributed by atoms with Gasteiger partial charge in [-0.3, -0.25) is 0 Å². The molecule has 1 N–H and O–H groups in total. The third-order valence-electron chi connectivity index (χ3n) is 2.83. The first-order valence-corrected chi connectivity index (χ1v) is 7.69. The standard InChI is InChI=1S/C13H18N2S2/c1-4-12-7-14-13(17-12)10(3)15-9(2)11-5-6-16-8-11/h5-10,15H,4H2,1-3H3/t9-,10-/m0/s1. The second kappa shape index (κ2) is 5.76. The molecule has 0 aromatic carbocycles. The molecular weight excluding hydrogens is 248 g/mol. The van der Waals surface area contributed by atoms with Gasteiger partial charge in [-0.05, 0) is 42.7 Å². The van der Waals surface area contributed by atoms with Crippen LogP contribution in [-0.4, -0.2) is 4.98 Å². The maximum atomic E-state index is 4.48. The van der Waals surface area contributed by atoms with E-state index in [1.54, 1.807) is 11.3 Å². The quantitative estimate of drug-likeness (QED) is 0.878. The Morgan fingerprint density at radius 3 is 2.76 bits per heavy atom. The van der Waals surface area contributed by atoms with E-state index in [-0.39, 0.29) is 0 Å². The van der Waals surface area contributed by atoms with Crippen LogP contribution in [0.3, 0.4) is 0 Å². The van der Waals surface area contributed by atoms with Crippen molar-refractivity contribution < 1.29 is 0 Å². The molecule has 0 unspecified atom stereocenters. The van der Waals surface area contributed by atoms with Gasteiger partial charge in [0.1, 0.15) is 5.01 Å². The lowest BCUT2D eigenvalue weighted by Gasteiger charge is -2.17. The molecule has 2 atom stereocenters. The Balaban J connectivity index is 1.99. The third-order valence-corrected chi connectivity index (χ3v) is 4.86. The van der Waals surface area contributed by atoms with Gasteiger partial charge in [0.05, 0.1) is 6.04 Å². The van der Waals surface area contributed by atoms with Crippen LogP contribution in [0, 0.1) is 0 Å². The molecule has 0 bridgehead atoms. The fourth-order valence-corrected chi connectivity index (χ4v) is 3.37. The molecular formula is C13H18N2S2. The minimum atomic E-state index is 0.315. The van der Waals surface area contributed by atoms with Gasteiger partial charge in [0.2, 0.25) is 0 Å². The van der Waals surface area contributed by atoms with Crippen LogP contribution in [0.15, 0.2) is 23.0 Å². The van der Waals surface area contributed by atoms with E-state index in [1.165, 1.54) is 15.4 Å². The lowest BCUT2D eigenvalue weighted by Crippen LogP contribution is -2.21. The molecule has 2 rings (SSSR count). The van der Waals surface area contributed by atoms with Crippen LogP contribution in [0.4, 0.5) is 0 Å². The number of thiazole rings is 1. The molecule has 2 aromatic rings. The maximum absolute atomic E-state index is 4.48. The Hall–Kier alpha value is -0.710. The number of nitrogens with zero attached hydrogens (tertiary/aromatic N) is 1. The first-order chi connectivity index (χ1) is 8.20. The second-order valence-electron chi connectivity index (χ2n) is 4.19. The summed E-state index contributed by atoms with van der Waals surface area (Å²) < 4.78 is 0. The predicted molar refractivity (Wildman–Crippen MR) is 75.8 cm³/mol. The van der Waals surface area contributed by atoms with E-state index in [0.717, 1.165) is 6.42 Å². The zero-order valence-electron chi connectivity index (χ0n) is 10.4. The van der Waals surface area contributed by atoms with Gasteiger partial charge in [0.15, 0.2) is 0 Å². The van der Waals surface area contributed by atoms with Gasteiger partial charge in [-0.1, -0.05) is 6.92 Å². The number of thiophene rings is 1. The highest BCUT2D eigenvalue weighted by atomic mass is 32.1. The normalized spacial score (nSPS) is 14.8. The van der Waals surface area contributed by atoms with E-state index in [1.807, 2.05) is 17.5 Å². The molecule has 0 amide bonds. The molecule has 92 valence electrons. The number of rotatable bonds is 5. The first-order valence-electron chi connectivity index (χ1n) is 5.93. The minimum Gasteiger partial charge on any atom is -0.301 e. The molecule has 2 heterocycles.